The van der Waals surface area contributed by atoms with E-state index in [2.05, 4.69) is 15.4 Å². The maximum Gasteiger partial charge on any atom is 0.130 e. The number of nitrogens with one attached hydrogen (secondary N) is 1. The highest BCUT2D eigenvalue weighted by Gasteiger charge is 2.17. The van der Waals surface area contributed by atoms with E-state index >= 15 is 0 Å². The number of benzene rings is 1. The minimum atomic E-state index is 0.630. The molecular weight excluding hydrogens is 250 g/mol. The first kappa shape index (κ1) is 12.5. The van der Waals surface area contributed by atoms with Gasteiger partial charge in [0.25, 0.3) is 0 Å². The number of para-hydroxylation sites is 1. The van der Waals surface area contributed by atoms with Crippen LogP contribution in [0.4, 0.5) is 5.82 Å². The van der Waals surface area contributed by atoms with E-state index < -0.39 is 0 Å². The Labute approximate surface area is 117 Å². The summed E-state index contributed by atoms with van der Waals surface area (Å²) < 4.78 is 1.77. The molecule has 0 fully saturated rings. The molecule has 0 radical (unpaired) electrons. The molecule has 0 aliphatic carbocycles. The van der Waals surface area contributed by atoms with Crippen LogP contribution in [-0.2, 0) is 0 Å². The van der Waals surface area contributed by atoms with Crippen molar-refractivity contribution in [3.05, 3.63) is 47.8 Å². The van der Waals surface area contributed by atoms with Crippen molar-refractivity contribution in [1.82, 2.24) is 15.1 Å². The molecule has 0 saturated carbocycles. The molecule has 3 rings (SSSR count). The maximum absolute atomic E-state index is 6.19. The van der Waals surface area contributed by atoms with E-state index in [1.807, 2.05) is 50.4 Å². The largest absolute Gasteiger partial charge is 0.383 e. The molecule has 102 valence electrons. The zero-order chi connectivity index (χ0) is 14.1. The molecule has 2 heterocycles. The summed E-state index contributed by atoms with van der Waals surface area (Å²) in [7, 11) is 0. The average Bonchev–Trinajstić information content (AvgIpc) is 2.77. The summed E-state index contributed by atoms with van der Waals surface area (Å²) in [6, 6.07) is 9.90. The van der Waals surface area contributed by atoms with E-state index in [1.54, 1.807) is 4.68 Å². The molecule has 0 saturated heterocycles. The second-order valence-corrected chi connectivity index (χ2v) is 4.82. The van der Waals surface area contributed by atoms with Crippen molar-refractivity contribution >= 4 is 17.2 Å². The zero-order valence-electron chi connectivity index (χ0n) is 11.6. The summed E-state index contributed by atoms with van der Waals surface area (Å²) in [6.07, 6.45) is 1.95. The molecule has 1 aromatic carbocycles. The molecule has 1 aromatic heterocycles. The van der Waals surface area contributed by atoms with Gasteiger partial charge in [0.05, 0.1) is 23.8 Å². The summed E-state index contributed by atoms with van der Waals surface area (Å²) >= 11 is 0. The van der Waals surface area contributed by atoms with Gasteiger partial charge in [0.15, 0.2) is 0 Å². The van der Waals surface area contributed by atoms with E-state index in [9.17, 15) is 0 Å². The van der Waals surface area contributed by atoms with E-state index in [1.165, 1.54) is 0 Å². The first-order valence-corrected chi connectivity index (χ1v) is 6.54. The Kier molecular flexibility index (Phi) is 3.02. The third-order valence-corrected chi connectivity index (χ3v) is 3.41. The number of hydrogen-bond acceptors (Lipinski definition) is 4. The Bertz CT molecular complexity index is 695. The number of aromatic nitrogens is 2. The highest BCUT2D eigenvalue weighted by atomic mass is 15.3. The van der Waals surface area contributed by atoms with Gasteiger partial charge in [0.1, 0.15) is 5.82 Å². The first-order chi connectivity index (χ1) is 9.66. The topological polar surface area (TPSA) is 68.2 Å². The van der Waals surface area contributed by atoms with Crippen LogP contribution in [-0.4, -0.2) is 22.2 Å². The third kappa shape index (κ3) is 2.07. The number of hydrogen-bond donors (Lipinski definition) is 2. The van der Waals surface area contributed by atoms with Crippen LogP contribution in [0.25, 0.3) is 11.3 Å². The fourth-order valence-corrected chi connectivity index (χ4v) is 2.21. The van der Waals surface area contributed by atoms with Crippen LogP contribution in [0, 0.1) is 6.92 Å². The number of nitrogen functional groups attached to an aromatic ring is 1. The van der Waals surface area contributed by atoms with Crippen LogP contribution < -0.4 is 11.1 Å². The Hall–Kier alpha value is -2.56. The van der Waals surface area contributed by atoms with E-state index in [0.717, 1.165) is 28.4 Å². The van der Waals surface area contributed by atoms with Crippen molar-refractivity contribution in [2.45, 2.75) is 13.8 Å². The SMILES string of the molecule is CC1=NCC(c2nn(-c3ccccc3)c(N)c2C)=CN1. The van der Waals surface area contributed by atoms with E-state index in [0.29, 0.717) is 12.4 Å². The normalized spacial score (nSPS) is 14.5. The van der Waals surface area contributed by atoms with Gasteiger partial charge in [0, 0.05) is 17.3 Å². The Balaban J connectivity index is 2.03. The summed E-state index contributed by atoms with van der Waals surface area (Å²) in [5.74, 6) is 1.58. The third-order valence-electron chi connectivity index (χ3n) is 3.41. The summed E-state index contributed by atoms with van der Waals surface area (Å²) in [4.78, 5) is 4.39. The minimum Gasteiger partial charge on any atom is -0.383 e. The Morgan fingerprint density at radius 2 is 1.95 bits per heavy atom. The van der Waals surface area contributed by atoms with Crippen molar-refractivity contribution in [1.29, 1.82) is 0 Å². The average molecular weight is 267 g/mol. The predicted molar refractivity (Wildman–Crippen MR) is 81.8 cm³/mol. The zero-order valence-corrected chi connectivity index (χ0v) is 11.6. The van der Waals surface area contributed by atoms with Gasteiger partial charge in [-0.25, -0.2) is 4.68 Å². The standard InChI is InChI=1S/C15H17N5/c1-10-14(12-8-17-11(2)18-9-12)19-20(15(10)16)13-6-4-3-5-7-13/h3-8H,9,16H2,1-2H3,(H,17,18). The number of anilines is 1. The quantitative estimate of drug-likeness (QED) is 0.875. The lowest BCUT2D eigenvalue weighted by molar-refractivity contribution is 0.880. The second kappa shape index (κ2) is 4.85. The molecule has 5 nitrogen and oxygen atoms in total. The van der Waals surface area contributed by atoms with Gasteiger partial charge in [-0.2, -0.15) is 5.10 Å². The van der Waals surface area contributed by atoms with Crippen LogP contribution in [0.15, 0.2) is 41.5 Å². The molecule has 5 heteroatoms. The van der Waals surface area contributed by atoms with Gasteiger partial charge in [-0.3, -0.25) is 4.99 Å². The van der Waals surface area contributed by atoms with Gasteiger partial charge in [-0.05, 0) is 26.0 Å². The lowest BCUT2D eigenvalue weighted by atomic mass is 10.1. The van der Waals surface area contributed by atoms with Gasteiger partial charge < -0.3 is 11.1 Å². The fourth-order valence-electron chi connectivity index (χ4n) is 2.21. The number of rotatable bonds is 2. The predicted octanol–water partition coefficient (Wildman–Crippen LogP) is 2.13. The molecule has 1 aliphatic rings. The summed E-state index contributed by atoms with van der Waals surface area (Å²) in [5.41, 5.74) is 10.1. The lowest BCUT2D eigenvalue weighted by Crippen LogP contribution is -2.19. The number of nitrogens with two attached hydrogens (primary N) is 1. The molecule has 1 aliphatic heterocycles. The van der Waals surface area contributed by atoms with Crippen LogP contribution >= 0.6 is 0 Å². The summed E-state index contributed by atoms with van der Waals surface area (Å²) in [6.45, 7) is 4.56. The molecule has 2 aromatic rings. The Morgan fingerprint density at radius 1 is 1.20 bits per heavy atom. The van der Waals surface area contributed by atoms with Crippen LogP contribution in [0.2, 0.25) is 0 Å². The van der Waals surface area contributed by atoms with Crippen LogP contribution in [0.3, 0.4) is 0 Å². The van der Waals surface area contributed by atoms with Gasteiger partial charge in [-0.15, -0.1) is 0 Å². The Morgan fingerprint density at radius 3 is 2.60 bits per heavy atom. The monoisotopic (exact) mass is 267 g/mol. The molecule has 0 amide bonds. The molecule has 0 bridgehead atoms. The van der Waals surface area contributed by atoms with Crippen molar-refractivity contribution in [2.24, 2.45) is 4.99 Å². The fraction of sp³-hybridized carbons (Fsp3) is 0.200. The van der Waals surface area contributed by atoms with Gasteiger partial charge in [0.2, 0.25) is 0 Å². The maximum atomic E-state index is 6.19. The van der Waals surface area contributed by atoms with Crippen molar-refractivity contribution < 1.29 is 0 Å². The van der Waals surface area contributed by atoms with Crippen molar-refractivity contribution in [2.75, 3.05) is 12.3 Å². The van der Waals surface area contributed by atoms with Crippen molar-refractivity contribution in [3.63, 3.8) is 0 Å². The smallest absolute Gasteiger partial charge is 0.130 e. The van der Waals surface area contributed by atoms with Gasteiger partial charge >= 0.3 is 0 Å². The van der Waals surface area contributed by atoms with E-state index in [-0.39, 0.29) is 0 Å². The van der Waals surface area contributed by atoms with Crippen LogP contribution in [0.5, 0.6) is 0 Å². The molecule has 0 spiro atoms. The number of nitrogens with zero attached hydrogens (tertiary/aromatic N) is 3. The summed E-state index contributed by atoms with van der Waals surface area (Å²) in [5, 5.41) is 7.77. The molecular formula is C15H17N5. The molecule has 3 N–H and O–H groups in total. The highest BCUT2D eigenvalue weighted by Crippen LogP contribution is 2.26. The van der Waals surface area contributed by atoms with Crippen LogP contribution in [0.1, 0.15) is 18.2 Å². The van der Waals surface area contributed by atoms with E-state index in [4.69, 9.17) is 5.73 Å². The second-order valence-electron chi connectivity index (χ2n) is 4.82. The number of aliphatic imine (C=N–C) groups is 1. The number of amidine groups is 1. The molecule has 0 atom stereocenters. The minimum absolute atomic E-state index is 0.630. The van der Waals surface area contributed by atoms with Crippen molar-refractivity contribution in [3.8, 4) is 5.69 Å². The van der Waals surface area contributed by atoms with Gasteiger partial charge in [-0.1, -0.05) is 18.2 Å². The molecule has 0 unspecified atom stereocenters. The highest BCUT2D eigenvalue weighted by molar-refractivity contribution is 5.86. The molecule has 20 heavy (non-hydrogen) atoms. The lowest BCUT2D eigenvalue weighted by Gasteiger charge is -2.11. The first-order valence-electron chi connectivity index (χ1n) is 6.54.